The van der Waals surface area contributed by atoms with Crippen molar-refractivity contribution in [1.29, 1.82) is 5.26 Å². The number of aromatic nitrogens is 4. The van der Waals surface area contributed by atoms with E-state index >= 15 is 0 Å². The Kier molecular flexibility index (Phi) is 4.43. The molecule has 7 nitrogen and oxygen atoms in total. The van der Waals surface area contributed by atoms with Crippen LogP contribution in [0.25, 0.3) is 5.52 Å². The molecule has 0 amide bonds. The van der Waals surface area contributed by atoms with Gasteiger partial charge in [0.25, 0.3) is 6.43 Å². The highest BCUT2D eigenvalue weighted by atomic mass is 19.3. The lowest BCUT2D eigenvalue weighted by molar-refractivity contribution is 0.0817. The van der Waals surface area contributed by atoms with Crippen LogP contribution in [-0.2, 0) is 19.5 Å². The van der Waals surface area contributed by atoms with Gasteiger partial charge in [0.15, 0.2) is 5.82 Å². The van der Waals surface area contributed by atoms with E-state index in [-0.39, 0.29) is 23.8 Å². The van der Waals surface area contributed by atoms with Gasteiger partial charge in [-0.15, -0.1) is 0 Å². The average Bonchev–Trinajstić information content (AvgIpc) is 3.28. The third-order valence-corrected chi connectivity index (χ3v) is 5.94. The highest BCUT2D eigenvalue weighted by Crippen LogP contribution is 2.34. The van der Waals surface area contributed by atoms with Gasteiger partial charge in [-0.25, -0.2) is 17.7 Å². The van der Waals surface area contributed by atoms with Gasteiger partial charge >= 0.3 is 0 Å². The second-order valence-electron chi connectivity index (χ2n) is 7.89. The van der Waals surface area contributed by atoms with E-state index in [1.165, 1.54) is 4.52 Å². The first-order valence-corrected chi connectivity index (χ1v) is 9.87. The Morgan fingerprint density at radius 1 is 1.30 bits per heavy atom. The summed E-state index contributed by atoms with van der Waals surface area (Å²) in [6, 6.07) is 5.43. The molecule has 5 heterocycles. The van der Waals surface area contributed by atoms with Gasteiger partial charge in [0.1, 0.15) is 17.3 Å². The summed E-state index contributed by atoms with van der Waals surface area (Å²) in [5.41, 5.74) is 4.11. The van der Waals surface area contributed by atoms with Crippen molar-refractivity contribution < 1.29 is 13.2 Å². The lowest BCUT2D eigenvalue weighted by Gasteiger charge is -2.35. The lowest BCUT2D eigenvalue weighted by atomic mass is 10.0. The van der Waals surface area contributed by atoms with Crippen LogP contribution in [0.1, 0.15) is 35.6 Å². The molecule has 2 aliphatic rings. The molecule has 30 heavy (non-hydrogen) atoms. The van der Waals surface area contributed by atoms with Crippen LogP contribution >= 0.6 is 0 Å². The van der Waals surface area contributed by atoms with Crippen LogP contribution in [0.2, 0.25) is 0 Å². The van der Waals surface area contributed by atoms with Crippen LogP contribution in [0.3, 0.4) is 0 Å². The number of nitriles is 1. The van der Waals surface area contributed by atoms with Gasteiger partial charge in [-0.3, -0.25) is 9.58 Å². The summed E-state index contributed by atoms with van der Waals surface area (Å²) >= 11 is 0. The fourth-order valence-electron chi connectivity index (χ4n) is 4.60. The van der Waals surface area contributed by atoms with Crippen LogP contribution in [0.15, 0.2) is 18.3 Å². The molecule has 0 unspecified atom stereocenters. The van der Waals surface area contributed by atoms with Gasteiger partial charge in [-0.05, 0) is 19.1 Å². The molecule has 5 rings (SSSR count). The zero-order chi connectivity index (χ0) is 21.0. The molecule has 0 saturated carbocycles. The molecule has 0 saturated heterocycles. The van der Waals surface area contributed by atoms with Crippen molar-refractivity contribution >= 4 is 11.2 Å². The number of hydrogen-bond donors (Lipinski definition) is 0. The van der Waals surface area contributed by atoms with Crippen LogP contribution < -0.4 is 4.90 Å². The predicted octanol–water partition coefficient (Wildman–Crippen LogP) is 2.75. The van der Waals surface area contributed by atoms with Crippen LogP contribution in [0.5, 0.6) is 0 Å². The van der Waals surface area contributed by atoms with Gasteiger partial charge in [0.2, 0.25) is 0 Å². The molecular formula is C20H20F3N7. The Hall–Kier alpha value is -3.06. The van der Waals surface area contributed by atoms with Gasteiger partial charge < -0.3 is 4.90 Å². The van der Waals surface area contributed by atoms with Crippen LogP contribution in [-0.4, -0.2) is 50.4 Å². The molecule has 0 aromatic carbocycles. The van der Waals surface area contributed by atoms with Gasteiger partial charge in [0.05, 0.1) is 42.4 Å². The summed E-state index contributed by atoms with van der Waals surface area (Å²) < 4.78 is 43.6. The third-order valence-electron chi connectivity index (χ3n) is 5.94. The number of fused-ring (bicyclic) bond motifs is 4. The summed E-state index contributed by atoms with van der Waals surface area (Å²) in [6.45, 7) is 3.91. The second kappa shape index (κ2) is 7.02. The standard InChI is InChI=1S/C20H20F3N7/c1-12-8-28(17-3-2-13(6-24)30-20(17)15(21)7-25-30)10-18-14-9-27(11-19(22)23)5-4-16(14)26-29(12)18/h2-3,7,12,19H,4-5,8-11H2,1H3/t12-/m1/s1. The van der Waals surface area contributed by atoms with E-state index in [1.54, 1.807) is 17.0 Å². The Morgan fingerprint density at radius 2 is 2.13 bits per heavy atom. The van der Waals surface area contributed by atoms with Crippen molar-refractivity contribution in [3.05, 3.63) is 46.8 Å². The zero-order valence-electron chi connectivity index (χ0n) is 16.4. The monoisotopic (exact) mass is 415 g/mol. The Labute approximate surface area is 170 Å². The lowest BCUT2D eigenvalue weighted by Crippen LogP contribution is -2.38. The fraction of sp³-hybridized carbons (Fsp3) is 0.450. The van der Waals surface area contributed by atoms with Crippen molar-refractivity contribution in [2.75, 3.05) is 24.5 Å². The van der Waals surface area contributed by atoms with Crippen LogP contribution in [0, 0.1) is 17.1 Å². The van der Waals surface area contributed by atoms with E-state index in [0.717, 1.165) is 23.1 Å². The maximum atomic E-state index is 14.5. The molecule has 0 N–H and O–H groups in total. The topological polar surface area (TPSA) is 65.4 Å². The minimum absolute atomic E-state index is 0.0320. The molecule has 0 radical (unpaired) electrons. The number of halogens is 3. The van der Waals surface area contributed by atoms with Gasteiger partial charge in [-0.1, -0.05) is 0 Å². The number of anilines is 1. The Morgan fingerprint density at radius 3 is 2.90 bits per heavy atom. The number of rotatable bonds is 3. The number of hydrogen-bond acceptors (Lipinski definition) is 5. The van der Waals surface area contributed by atoms with Gasteiger partial charge in [-0.2, -0.15) is 15.5 Å². The van der Waals surface area contributed by atoms with E-state index in [9.17, 15) is 18.4 Å². The summed E-state index contributed by atoms with van der Waals surface area (Å²) in [5, 5.41) is 18.0. The molecule has 3 aromatic rings. The average molecular weight is 415 g/mol. The van der Waals surface area contributed by atoms with Crippen LogP contribution in [0.4, 0.5) is 18.9 Å². The summed E-state index contributed by atoms with van der Waals surface area (Å²) in [7, 11) is 0. The molecule has 0 aliphatic carbocycles. The van der Waals surface area contributed by atoms with Crippen molar-refractivity contribution in [3.8, 4) is 6.07 Å². The van der Waals surface area contributed by atoms with Crippen molar-refractivity contribution in [2.24, 2.45) is 0 Å². The van der Waals surface area contributed by atoms with Gasteiger partial charge in [0, 0.05) is 31.6 Å². The molecule has 1 atom stereocenters. The second-order valence-corrected chi connectivity index (χ2v) is 7.89. The summed E-state index contributed by atoms with van der Waals surface area (Å²) in [4.78, 5) is 3.81. The quantitative estimate of drug-likeness (QED) is 0.658. The summed E-state index contributed by atoms with van der Waals surface area (Å²) in [5.74, 6) is -0.487. The molecule has 0 spiro atoms. The van der Waals surface area contributed by atoms with E-state index in [1.807, 2.05) is 17.7 Å². The molecule has 2 aliphatic heterocycles. The molecule has 0 bridgehead atoms. The molecule has 156 valence electrons. The Bertz CT molecular complexity index is 1160. The molecule has 3 aromatic heterocycles. The SMILES string of the molecule is C[C@@H]1CN(c2ccc(C#N)n3ncc(F)c23)Cc2c3c(nn21)CCN(CC(F)F)C3. The molecular weight excluding hydrogens is 395 g/mol. The summed E-state index contributed by atoms with van der Waals surface area (Å²) in [6.07, 6.45) is -0.612. The fourth-order valence-corrected chi connectivity index (χ4v) is 4.60. The maximum Gasteiger partial charge on any atom is 0.251 e. The number of pyridine rings is 1. The highest BCUT2D eigenvalue weighted by molar-refractivity contribution is 5.75. The first-order chi connectivity index (χ1) is 14.5. The van der Waals surface area contributed by atoms with Crippen molar-refractivity contribution in [3.63, 3.8) is 0 Å². The smallest absolute Gasteiger partial charge is 0.251 e. The maximum absolute atomic E-state index is 14.5. The minimum atomic E-state index is -2.37. The highest BCUT2D eigenvalue weighted by Gasteiger charge is 2.32. The van der Waals surface area contributed by atoms with E-state index in [4.69, 9.17) is 5.10 Å². The molecule has 0 fully saturated rings. The largest absolute Gasteiger partial charge is 0.362 e. The van der Waals surface area contributed by atoms with E-state index in [2.05, 4.69) is 10.00 Å². The zero-order valence-corrected chi connectivity index (χ0v) is 16.4. The van der Waals surface area contributed by atoms with E-state index < -0.39 is 12.2 Å². The Balaban J connectivity index is 1.54. The normalized spacial score (nSPS) is 19.2. The minimum Gasteiger partial charge on any atom is -0.362 e. The third kappa shape index (κ3) is 2.92. The first-order valence-electron chi connectivity index (χ1n) is 9.87. The predicted molar refractivity (Wildman–Crippen MR) is 103 cm³/mol. The number of nitrogens with zero attached hydrogens (tertiary/aromatic N) is 7. The van der Waals surface area contributed by atoms with E-state index in [0.29, 0.717) is 38.3 Å². The van der Waals surface area contributed by atoms with Crippen molar-refractivity contribution in [1.82, 2.24) is 24.3 Å². The number of alkyl halides is 2. The van der Waals surface area contributed by atoms with Crippen molar-refractivity contribution in [2.45, 2.75) is 38.9 Å². The first kappa shape index (κ1) is 18.9. The molecule has 10 heteroatoms.